The third-order valence-corrected chi connectivity index (χ3v) is 5.03. The van der Waals surface area contributed by atoms with E-state index in [4.69, 9.17) is 0 Å². The number of carboxylic acids is 1. The molecule has 0 bridgehead atoms. The summed E-state index contributed by atoms with van der Waals surface area (Å²) in [4.78, 5) is 19.1. The molecular weight excluding hydrogens is 268 g/mol. The molecule has 0 spiro atoms. The van der Waals surface area contributed by atoms with Gasteiger partial charge in [-0.05, 0) is 25.5 Å². The summed E-state index contributed by atoms with van der Waals surface area (Å²) in [6, 6.07) is 0. The van der Waals surface area contributed by atoms with Crippen molar-refractivity contribution < 1.29 is 9.90 Å². The highest BCUT2D eigenvalue weighted by atomic mass is 32.2. The second-order valence-electron chi connectivity index (χ2n) is 4.50. The van der Waals surface area contributed by atoms with E-state index in [0.29, 0.717) is 0 Å². The number of thioether (sulfide) groups is 1. The van der Waals surface area contributed by atoms with Crippen molar-refractivity contribution in [3.05, 3.63) is 10.6 Å². The fraction of sp³-hybridized carbons (Fsp3) is 0.667. The molecule has 1 atom stereocenters. The van der Waals surface area contributed by atoms with Gasteiger partial charge in [0.25, 0.3) is 0 Å². The Bertz CT molecular complexity index is 434. The van der Waals surface area contributed by atoms with Gasteiger partial charge in [-0.25, -0.2) is 4.98 Å². The van der Waals surface area contributed by atoms with Gasteiger partial charge in [0.15, 0.2) is 5.13 Å². The molecular formula is C12H18N2O2S2. The second-order valence-corrected chi connectivity index (χ2v) is 6.55. The smallest absolute Gasteiger partial charge is 0.312 e. The van der Waals surface area contributed by atoms with Crippen molar-refractivity contribution in [2.45, 2.75) is 25.2 Å². The molecule has 0 aromatic carbocycles. The van der Waals surface area contributed by atoms with E-state index >= 15 is 0 Å². The Hall–Kier alpha value is -0.750. The molecule has 1 aromatic rings. The van der Waals surface area contributed by atoms with Crippen molar-refractivity contribution in [2.75, 3.05) is 30.5 Å². The van der Waals surface area contributed by atoms with Gasteiger partial charge >= 0.3 is 5.97 Å². The van der Waals surface area contributed by atoms with Crippen molar-refractivity contribution >= 4 is 34.2 Å². The molecule has 6 heteroatoms. The standard InChI is InChI=1S/C12H18N2O2S2/c1-14(6-7-17-2)12-13-10-8(11(15)16)4-3-5-9(10)18-12/h8H,3-7H2,1-2H3,(H,15,16). The molecule has 1 heterocycles. The summed E-state index contributed by atoms with van der Waals surface area (Å²) < 4.78 is 0. The highest BCUT2D eigenvalue weighted by Gasteiger charge is 2.30. The van der Waals surface area contributed by atoms with Crippen molar-refractivity contribution in [3.63, 3.8) is 0 Å². The molecule has 4 nitrogen and oxygen atoms in total. The number of aromatic nitrogens is 1. The van der Waals surface area contributed by atoms with Crippen LogP contribution in [0.25, 0.3) is 0 Å². The van der Waals surface area contributed by atoms with E-state index in [1.54, 1.807) is 23.1 Å². The zero-order valence-electron chi connectivity index (χ0n) is 10.7. The van der Waals surface area contributed by atoms with Crippen molar-refractivity contribution in [2.24, 2.45) is 0 Å². The van der Waals surface area contributed by atoms with Gasteiger partial charge < -0.3 is 10.0 Å². The summed E-state index contributed by atoms with van der Waals surface area (Å²) in [5.41, 5.74) is 0.810. The van der Waals surface area contributed by atoms with Crippen molar-refractivity contribution in [1.82, 2.24) is 4.98 Å². The average Bonchev–Trinajstić information content (AvgIpc) is 2.79. The predicted molar refractivity (Wildman–Crippen MR) is 77.1 cm³/mol. The van der Waals surface area contributed by atoms with E-state index in [1.807, 2.05) is 7.05 Å². The monoisotopic (exact) mass is 286 g/mol. The summed E-state index contributed by atoms with van der Waals surface area (Å²) in [6.07, 6.45) is 4.74. The molecule has 1 unspecified atom stereocenters. The quantitative estimate of drug-likeness (QED) is 0.901. The number of thiazole rings is 1. The lowest BCUT2D eigenvalue weighted by Crippen LogP contribution is -2.20. The summed E-state index contributed by atoms with van der Waals surface area (Å²) in [7, 11) is 2.02. The van der Waals surface area contributed by atoms with Crippen LogP contribution in [0.5, 0.6) is 0 Å². The molecule has 1 aliphatic carbocycles. The maximum atomic E-state index is 11.2. The first-order valence-electron chi connectivity index (χ1n) is 6.06. The first-order valence-corrected chi connectivity index (χ1v) is 8.27. The molecule has 0 saturated carbocycles. The van der Waals surface area contributed by atoms with E-state index in [1.165, 1.54) is 4.88 Å². The van der Waals surface area contributed by atoms with E-state index in [2.05, 4.69) is 16.1 Å². The van der Waals surface area contributed by atoms with Crippen LogP contribution in [0.4, 0.5) is 5.13 Å². The molecule has 18 heavy (non-hydrogen) atoms. The van der Waals surface area contributed by atoms with E-state index in [9.17, 15) is 9.90 Å². The average molecular weight is 286 g/mol. The van der Waals surface area contributed by atoms with Gasteiger partial charge in [-0.3, -0.25) is 4.79 Å². The third-order valence-electron chi connectivity index (χ3n) is 3.20. The minimum Gasteiger partial charge on any atom is -0.481 e. The van der Waals surface area contributed by atoms with E-state index < -0.39 is 11.9 Å². The van der Waals surface area contributed by atoms with Gasteiger partial charge in [0.2, 0.25) is 0 Å². The fourth-order valence-corrected chi connectivity index (χ4v) is 3.74. The minimum absolute atomic E-state index is 0.396. The maximum absolute atomic E-state index is 11.2. The summed E-state index contributed by atoms with van der Waals surface area (Å²) in [5, 5.41) is 10.2. The number of carboxylic acid groups (broad SMARTS) is 1. The molecule has 0 amide bonds. The van der Waals surface area contributed by atoms with Crippen molar-refractivity contribution in [1.29, 1.82) is 0 Å². The summed E-state index contributed by atoms with van der Waals surface area (Å²) >= 11 is 3.46. The van der Waals surface area contributed by atoms with Crippen LogP contribution < -0.4 is 4.90 Å². The topological polar surface area (TPSA) is 53.4 Å². The van der Waals surface area contributed by atoms with Crippen LogP contribution in [0.2, 0.25) is 0 Å². The Balaban J connectivity index is 2.19. The number of fused-ring (bicyclic) bond motifs is 1. The van der Waals surface area contributed by atoms with Crippen LogP contribution in [-0.4, -0.2) is 41.7 Å². The Kier molecular flexibility index (Phi) is 4.50. The number of hydrogen-bond acceptors (Lipinski definition) is 5. The van der Waals surface area contributed by atoms with Gasteiger partial charge in [0.05, 0.1) is 5.69 Å². The molecule has 0 aliphatic heterocycles. The van der Waals surface area contributed by atoms with Gasteiger partial charge in [0.1, 0.15) is 5.92 Å². The van der Waals surface area contributed by atoms with Gasteiger partial charge in [-0.2, -0.15) is 11.8 Å². The predicted octanol–water partition coefficient (Wildman–Crippen LogP) is 2.45. The maximum Gasteiger partial charge on any atom is 0.312 e. The normalized spacial score (nSPS) is 18.4. The van der Waals surface area contributed by atoms with Gasteiger partial charge in [0, 0.05) is 24.2 Å². The van der Waals surface area contributed by atoms with Crippen LogP contribution in [-0.2, 0) is 11.2 Å². The second kappa shape index (κ2) is 5.93. The van der Waals surface area contributed by atoms with E-state index in [0.717, 1.165) is 42.4 Å². The highest BCUT2D eigenvalue weighted by Crippen LogP contribution is 2.37. The first-order chi connectivity index (χ1) is 8.63. The zero-order valence-corrected chi connectivity index (χ0v) is 12.3. The number of nitrogens with zero attached hydrogens (tertiary/aromatic N) is 2. The van der Waals surface area contributed by atoms with Gasteiger partial charge in [-0.1, -0.05) is 0 Å². The molecule has 1 aromatic heterocycles. The summed E-state index contributed by atoms with van der Waals surface area (Å²) in [5.74, 6) is -0.0735. The van der Waals surface area contributed by atoms with Gasteiger partial charge in [-0.15, -0.1) is 11.3 Å². The van der Waals surface area contributed by atoms with Crippen LogP contribution in [0.15, 0.2) is 0 Å². The minimum atomic E-state index is -0.737. The molecule has 1 aliphatic rings. The van der Waals surface area contributed by atoms with Crippen LogP contribution in [0.1, 0.15) is 29.3 Å². The van der Waals surface area contributed by atoms with Crippen molar-refractivity contribution in [3.8, 4) is 0 Å². The van der Waals surface area contributed by atoms with Crippen LogP contribution in [0.3, 0.4) is 0 Å². The van der Waals surface area contributed by atoms with Crippen LogP contribution in [0, 0.1) is 0 Å². The lowest BCUT2D eigenvalue weighted by Gasteiger charge is -2.16. The Morgan fingerprint density at radius 2 is 2.44 bits per heavy atom. The lowest BCUT2D eigenvalue weighted by molar-refractivity contribution is -0.139. The lowest BCUT2D eigenvalue weighted by atomic mass is 9.91. The first kappa shape index (κ1) is 13.7. The highest BCUT2D eigenvalue weighted by molar-refractivity contribution is 7.98. The van der Waals surface area contributed by atoms with Crippen LogP contribution >= 0.6 is 23.1 Å². The molecule has 100 valence electrons. The largest absolute Gasteiger partial charge is 0.481 e. The molecule has 0 radical (unpaired) electrons. The fourth-order valence-electron chi connectivity index (χ4n) is 2.13. The Morgan fingerprint density at radius 3 is 3.11 bits per heavy atom. The molecule has 1 N–H and O–H groups in total. The number of hydrogen-bond donors (Lipinski definition) is 1. The third kappa shape index (κ3) is 2.80. The Labute approximate surface area is 115 Å². The molecule has 0 saturated heterocycles. The number of rotatable bonds is 5. The summed E-state index contributed by atoms with van der Waals surface area (Å²) in [6.45, 7) is 0.950. The molecule has 0 fully saturated rings. The molecule has 2 rings (SSSR count). The number of anilines is 1. The number of aliphatic carboxylic acids is 1. The number of carbonyl (C=O) groups is 1. The number of aryl methyl sites for hydroxylation is 1. The Morgan fingerprint density at radius 1 is 1.67 bits per heavy atom. The SMILES string of the molecule is CSCCN(C)c1nc2c(s1)CCCC2C(=O)O. The van der Waals surface area contributed by atoms with E-state index in [-0.39, 0.29) is 0 Å². The zero-order chi connectivity index (χ0) is 13.1.